The summed E-state index contributed by atoms with van der Waals surface area (Å²) in [5.74, 6) is -0.995. The summed E-state index contributed by atoms with van der Waals surface area (Å²) >= 11 is 3.46. The zero-order valence-corrected chi connectivity index (χ0v) is 16.0. The third kappa shape index (κ3) is 5.41. The molecule has 0 N–H and O–H groups in total. The Bertz CT molecular complexity index is 738. The first kappa shape index (κ1) is 19.1. The Balaban J connectivity index is 2.21. The topological polar surface area (TPSA) is 55.8 Å². The van der Waals surface area contributed by atoms with Crippen LogP contribution in [0.15, 0.2) is 46.9 Å². The first-order valence-corrected chi connectivity index (χ1v) is 8.54. The molecule has 0 aliphatic rings. The van der Waals surface area contributed by atoms with Crippen molar-refractivity contribution in [2.45, 2.75) is 20.4 Å². The van der Waals surface area contributed by atoms with E-state index >= 15 is 0 Å². The second-order valence-corrected chi connectivity index (χ2v) is 6.55. The molecule has 132 valence electrons. The Morgan fingerprint density at radius 1 is 1.08 bits per heavy atom. The minimum absolute atomic E-state index is 0.149. The van der Waals surface area contributed by atoms with Gasteiger partial charge in [0.15, 0.2) is 0 Å². The number of nitrogens with zero attached hydrogens (tertiary/aromatic N) is 1. The smallest absolute Gasteiger partial charge is 0.357 e. The van der Waals surface area contributed by atoms with Crippen molar-refractivity contribution in [3.63, 3.8) is 0 Å². The van der Waals surface area contributed by atoms with Gasteiger partial charge in [-0.25, -0.2) is 4.79 Å². The third-order valence-electron chi connectivity index (χ3n) is 3.75. The molecule has 0 saturated carbocycles. The van der Waals surface area contributed by atoms with Gasteiger partial charge < -0.3 is 9.57 Å². The zero-order chi connectivity index (χ0) is 18.4. The van der Waals surface area contributed by atoms with Crippen LogP contribution in [0.4, 0.5) is 0 Å². The predicted molar refractivity (Wildman–Crippen MR) is 97.9 cm³/mol. The average molecular weight is 406 g/mol. The highest BCUT2D eigenvalue weighted by Crippen LogP contribution is 2.22. The van der Waals surface area contributed by atoms with E-state index in [0.29, 0.717) is 12.1 Å². The molecule has 0 amide bonds. The number of rotatable bonds is 6. The summed E-state index contributed by atoms with van der Waals surface area (Å²) in [4.78, 5) is 29.4. The first-order valence-electron chi connectivity index (χ1n) is 7.75. The molecule has 2 rings (SSSR count). The van der Waals surface area contributed by atoms with Gasteiger partial charge in [-0.3, -0.25) is 4.79 Å². The summed E-state index contributed by atoms with van der Waals surface area (Å²) in [5, 5.41) is 1.32. The number of methoxy groups -OCH3 is 1. The Hall–Kier alpha value is -2.18. The van der Waals surface area contributed by atoms with Crippen LogP contribution in [0.25, 0.3) is 0 Å². The van der Waals surface area contributed by atoms with Gasteiger partial charge in [-0.15, -0.1) is 5.06 Å². The van der Waals surface area contributed by atoms with Crippen molar-refractivity contribution in [2.24, 2.45) is 0 Å². The van der Waals surface area contributed by atoms with Crippen molar-refractivity contribution >= 4 is 27.9 Å². The first-order chi connectivity index (χ1) is 11.9. The van der Waals surface area contributed by atoms with E-state index in [4.69, 9.17) is 9.57 Å². The van der Waals surface area contributed by atoms with Crippen molar-refractivity contribution in [2.75, 3.05) is 13.7 Å². The van der Waals surface area contributed by atoms with Crippen molar-refractivity contribution in [1.82, 2.24) is 5.06 Å². The fourth-order valence-electron chi connectivity index (χ4n) is 2.44. The molecule has 6 heteroatoms. The van der Waals surface area contributed by atoms with Gasteiger partial charge in [0, 0.05) is 4.47 Å². The number of esters is 1. The second-order valence-electron chi connectivity index (χ2n) is 5.64. The molecule has 0 unspecified atom stereocenters. The second kappa shape index (κ2) is 8.78. The molecule has 0 atom stereocenters. The van der Waals surface area contributed by atoms with Crippen molar-refractivity contribution < 1.29 is 19.2 Å². The monoisotopic (exact) mass is 405 g/mol. The number of hydroxylamine groups is 2. The lowest BCUT2D eigenvalue weighted by atomic mass is 10.0. The molecule has 0 bridgehead atoms. The lowest BCUT2D eigenvalue weighted by Crippen LogP contribution is -2.33. The van der Waals surface area contributed by atoms with Gasteiger partial charge in [0.05, 0.1) is 19.2 Å². The number of benzene rings is 2. The summed E-state index contributed by atoms with van der Waals surface area (Å²) in [6, 6.07) is 12.6. The molecule has 0 radical (unpaired) electrons. The number of hydrogen-bond acceptors (Lipinski definition) is 5. The quantitative estimate of drug-likeness (QED) is 0.540. The number of ether oxygens (including phenoxy) is 1. The number of carbonyl (C=O) groups excluding carboxylic acids is 2. The van der Waals surface area contributed by atoms with E-state index in [9.17, 15) is 9.59 Å². The van der Waals surface area contributed by atoms with Gasteiger partial charge in [-0.05, 0) is 54.8 Å². The maximum atomic E-state index is 12.3. The van der Waals surface area contributed by atoms with Gasteiger partial charge in [-0.1, -0.05) is 34.1 Å². The van der Waals surface area contributed by atoms with Gasteiger partial charge in [-0.2, -0.15) is 0 Å². The molecule has 0 aromatic heterocycles. The summed E-state index contributed by atoms with van der Waals surface area (Å²) in [5.41, 5.74) is 3.49. The van der Waals surface area contributed by atoms with Crippen LogP contribution in [0, 0.1) is 13.8 Å². The SMILES string of the molecule is COC(=O)CN(Cc1c(C)cc(Br)cc1C)OC(=O)c1ccccc1. The minimum Gasteiger partial charge on any atom is -0.468 e. The lowest BCUT2D eigenvalue weighted by Gasteiger charge is -2.22. The summed E-state index contributed by atoms with van der Waals surface area (Å²) in [6.45, 7) is 4.09. The van der Waals surface area contributed by atoms with Gasteiger partial charge in [0.2, 0.25) is 0 Å². The molecule has 2 aromatic carbocycles. The van der Waals surface area contributed by atoms with Crippen LogP contribution < -0.4 is 0 Å². The summed E-state index contributed by atoms with van der Waals surface area (Å²) < 4.78 is 5.68. The fourth-order valence-corrected chi connectivity index (χ4v) is 3.13. The van der Waals surface area contributed by atoms with Crippen LogP contribution in [0.3, 0.4) is 0 Å². The molecule has 2 aromatic rings. The highest BCUT2D eigenvalue weighted by molar-refractivity contribution is 9.10. The molecule has 0 aliphatic heterocycles. The number of halogens is 1. The molecule has 0 aliphatic carbocycles. The highest BCUT2D eigenvalue weighted by atomic mass is 79.9. The predicted octanol–water partition coefficient (Wildman–Crippen LogP) is 3.81. The molecule has 5 nitrogen and oxygen atoms in total. The standard InChI is InChI=1S/C19H20BrNO4/c1-13-9-16(20)10-14(2)17(13)11-21(12-18(22)24-3)25-19(23)15-7-5-4-6-8-15/h4-10H,11-12H2,1-3H3. The zero-order valence-electron chi connectivity index (χ0n) is 14.4. The maximum Gasteiger partial charge on any atom is 0.357 e. The molecular formula is C19H20BrNO4. The van der Waals surface area contributed by atoms with Crippen molar-refractivity contribution in [3.05, 3.63) is 69.2 Å². The summed E-state index contributed by atoms with van der Waals surface area (Å²) in [6.07, 6.45) is 0. The number of aryl methyl sites for hydroxylation is 2. The molecule has 25 heavy (non-hydrogen) atoms. The Morgan fingerprint density at radius 3 is 2.24 bits per heavy atom. The fraction of sp³-hybridized carbons (Fsp3) is 0.263. The minimum atomic E-state index is -0.517. The number of carbonyl (C=O) groups is 2. The van der Waals surface area contributed by atoms with E-state index in [1.807, 2.05) is 32.0 Å². The van der Waals surface area contributed by atoms with Crippen LogP contribution in [0.2, 0.25) is 0 Å². The van der Waals surface area contributed by atoms with E-state index in [0.717, 1.165) is 21.2 Å². The van der Waals surface area contributed by atoms with E-state index in [-0.39, 0.29) is 6.54 Å². The maximum absolute atomic E-state index is 12.3. The van der Waals surface area contributed by atoms with Gasteiger partial charge in [0.25, 0.3) is 0 Å². The number of hydrogen-bond donors (Lipinski definition) is 0. The van der Waals surface area contributed by atoms with Crippen LogP contribution in [-0.2, 0) is 20.9 Å². The van der Waals surface area contributed by atoms with E-state index < -0.39 is 11.9 Å². The molecular weight excluding hydrogens is 386 g/mol. The summed E-state index contributed by atoms with van der Waals surface area (Å²) in [7, 11) is 1.30. The van der Waals surface area contributed by atoms with Crippen molar-refractivity contribution in [1.29, 1.82) is 0 Å². The molecule has 0 heterocycles. The van der Waals surface area contributed by atoms with E-state index in [1.54, 1.807) is 24.3 Å². The molecule has 0 fully saturated rings. The normalized spacial score (nSPS) is 10.6. The third-order valence-corrected chi connectivity index (χ3v) is 4.21. The average Bonchev–Trinajstić information content (AvgIpc) is 2.58. The van der Waals surface area contributed by atoms with Crippen LogP contribution >= 0.6 is 15.9 Å². The van der Waals surface area contributed by atoms with Crippen LogP contribution in [0.1, 0.15) is 27.0 Å². The molecule has 0 saturated heterocycles. The molecule has 0 spiro atoms. The van der Waals surface area contributed by atoms with E-state index in [2.05, 4.69) is 15.9 Å². The van der Waals surface area contributed by atoms with Gasteiger partial charge >= 0.3 is 11.9 Å². The van der Waals surface area contributed by atoms with Crippen LogP contribution in [0.5, 0.6) is 0 Å². The lowest BCUT2D eigenvalue weighted by molar-refractivity contribution is -0.160. The highest BCUT2D eigenvalue weighted by Gasteiger charge is 2.20. The van der Waals surface area contributed by atoms with Gasteiger partial charge in [0.1, 0.15) is 6.54 Å². The Kier molecular flexibility index (Phi) is 6.73. The van der Waals surface area contributed by atoms with Crippen LogP contribution in [-0.4, -0.2) is 30.7 Å². The Labute approximate surface area is 155 Å². The van der Waals surface area contributed by atoms with Crippen molar-refractivity contribution in [3.8, 4) is 0 Å². The Morgan fingerprint density at radius 2 is 1.68 bits per heavy atom. The largest absolute Gasteiger partial charge is 0.468 e. The van der Waals surface area contributed by atoms with E-state index in [1.165, 1.54) is 12.2 Å².